The molecule has 0 aromatic heterocycles. The van der Waals surface area contributed by atoms with Crippen molar-refractivity contribution in [3.8, 4) is 0 Å². The molecule has 0 aliphatic rings. The molecule has 0 aromatic rings. The van der Waals surface area contributed by atoms with E-state index in [0.29, 0.717) is 0 Å². The van der Waals surface area contributed by atoms with Crippen molar-refractivity contribution in [1.29, 1.82) is 0 Å². The summed E-state index contributed by atoms with van der Waals surface area (Å²) in [5, 5.41) is 21.5. The van der Waals surface area contributed by atoms with Crippen molar-refractivity contribution in [1.82, 2.24) is 0 Å². The number of rotatable bonds is 0. The molecule has 0 saturated carbocycles. The zero-order chi connectivity index (χ0) is 3.58. The van der Waals surface area contributed by atoms with Crippen molar-refractivity contribution in [2.24, 2.45) is 0 Å². The van der Waals surface area contributed by atoms with Crippen LogP contribution < -0.4 is 0 Å². The third-order valence-electron chi connectivity index (χ3n) is 0. The molecule has 0 rings (SSSR count). The predicted molar refractivity (Wildman–Crippen MR) is 31.7 cm³/mol. The van der Waals surface area contributed by atoms with Gasteiger partial charge in [-0.25, -0.2) is 0 Å². The second kappa shape index (κ2) is 29.3. The van der Waals surface area contributed by atoms with E-state index < -0.39 is 7.32 Å². The molecule has 5 N–H and O–H groups in total. The van der Waals surface area contributed by atoms with Crippen molar-refractivity contribution in [2.45, 2.75) is 0 Å². The summed E-state index contributed by atoms with van der Waals surface area (Å²) in [5.41, 5.74) is 0. The van der Waals surface area contributed by atoms with Crippen LogP contribution in [0.1, 0.15) is 0 Å². The standard InChI is InChI=1S/BH3O3.Ca.Ce.La.Na.H2O.3H/c2-1(3)4;;;;;;;;/h2-4H;;;;;1H2;;;. The third kappa shape index (κ3) is 65.4. The molecule has 0 unspecified atom stereocenters. The molecule has 0 heterocycles. The van der Waals surface area contributed by atoms with Crippen LogP contribution in [0.3, 0.4) is 0 Å². The SMILES string of the molecule is O.OB(O)O.[CaH2].[Ce].[La].[NaH]. The Morgan fingerprint density at radius 2 is 1.00 bits per heavy atom. The van der Waals surface area contributed by atoms with Gasteiger partial charge in [-0.05, 0) is 0 Å². The summed E-state index contributed by atoms with van der Waals surface area (Å²) in [5.74, 6) is 0. The summed E-state index contributed by atoms with van der Waals surface area (Å²) in [6.45, 7) is 0. The van der Waals surface area contributed by atoms with Gasteiger partial charge in [-0.1, -0.05) is 0 Å². The molecule has 0 amide bonds. The number of hydrogen-bond acceptors (Lipinski definition) is 3. The van der Waals surface area contributed by atoms with Gasteiger partial charge in [0.25, 0.3) is 0 Å². The first-order chi connectivity index (χ1) is 1.73. The van der Waals surface area contributed by atoms with Gasteiger partial charge in [0.05, 0.1) is 0 Å². The Hall–Kier alpha value is 4.74. The Morgan fingerprint density at radius 3 is 1.00 bits per heavy atom. The molecule has 9 heteroatoms. The van der Waals surface area contributed by atoms with Crippen molar-refractivity contribution >= 4 is 74.6 Å². The molecule has 0 fully saturated rings. The molecule has 4 nitrogen and oxygen atoms in total. The summed E-state index contributed by atoms with van der Waals surface area (Å²) in [7, 11) is -2.17. The average molecular weight is 425 g/mol. The van der Waals surface area contributed by atoms with Crippen molar-refractivity contribution in [3.05, 3.63) is 0 Å². The van der Waals surface area contributed by atoms with Crippen LogP contribution in [0.15, 0.2) is 0 Å². The second-order valence-corrected chi connectivity index (χ2v) is 0.346. The van der Waals surface area contributed by atoms with E-state index in [0.717, 1.165) is 0 Å². The minimum atomic E-state index is -2.17. The van der Waals surface area contributed by atoms with Crippen LogP contribution in [-0.4, -0.2) is 95.2 Å². The first-order valence-corrected chi connectivity index (χ1v) is 0.775. The molecule has 0 bridgehead atoms. The molecule has 9 heavy (non-hydrogen) atoms. The van der Waals surface area contributed by atoms with Crippen molar-refractivity contribution in [3.63, 3.8) is 0 Å². The fourth-order valence-corrected chi connectivity index (χ4v) is 0. The van der Waals surface area contributed by atoms with E-state index in [-0.39, 0.29) is 150 Å². The van der Waals surface area contributed by atoms with Crippen LogP contribution in [0.2, 0.25) is 0 Å². The molecule has 0 atom stereocenters. The van der Waals surface area contributed by atoms with E-state index in [1.54, 1.807) is 0 Å². The van der Waals surface area contributed by atoms with E-state index in [2.05, 4.69) is 0 Å². The molecular weight excluding hydrogens is 417 g/mol. The first-order valence-electron chi connectivity index (χ1n) is 0.775. The Kier molecular flexibility index (Phi) is 121. The van der Waals surface area contributed by atoms with Crippen LogP contribution in [0.25, 0.3) is 0 Å². The summed E-state index contributed by atoms with van der Waals surface area (Å²) in [6.07, 6.45) is 0. The topological polar surface area (TPSA) is 92.2 Å². The molecule has 1 radical (unpaired) electrons. The summed E-state index contributed by atoms with van der Waals surface area (Å²) in [4.78, 5) is 0. The van der Waals surface area contributed by atoms with E-state index in [9.17, 15) is 0 Å². The van der Waals surface area contributed by atoms with Crippen molar-refractivity contribution < 1.29 is 97.9 Å². The fourth-order valence-electron chi connectivity index (χ4n) is 0. The van der Waals surface area contributed by atoms with Crippen LogP contribution in [0.4, 0.5) is 0 Å². The zero-order valence-electron chi connectivity index (χ0n) is 3.50. The Labute approximate surface area is 168 Å². The molecule has 0 aromatic carbocycles. The van der Waals surface area contributed by atoms with E-state index in [4.69, 9.17) is 15.1 Å². The van der Waals surface area contributed by atoms with Gasteiger partial charge >= 0.3 is 74.6 Å². The quantitative estimate of drug-likeness (QED) is 0.343. The molecule has 0 saturated heterocycles. The third-order valence-corrected chi connectivity index (χ3v) is 0. The Morgan fingerprint density at radius 1 is 1.00 bits per heavy atom. The zero-order valence-corrected chi connectivity index (χ0v) is 10.3. The molecule has 0 aliphatic carbocycles. The maximum atomic E-state index is 7.17. The van der Waals surface area contributed by atoms with Crippen LogP contribution >= 0.6 is 0 Å². The van der Waals surface area contributed by atoms with Gasteiger partial charge in [0.15, 0.2) is 0 Å². The molecular formula is H8BCaCeLaNaO4. The van der Waals surface area contributed by atoms with Gasteiger partial charge in [0.2, 0.25) is 0 Å². The average Bonchev–Trinajstić information content (AvgIpc) is 0.811. The minimum absolute atomic E-state index is 0. The predicted octanol–water partition coefficient (Wildman–Crippen LogP) is -4.44. The maximum absolute atomic E-state index is 7.17. The molecule has 0 spiro atoms. The Bertz CT molecular complexity index is 25.3. The van der Waals surface area contributed by atoms with Crippen LogP contribution in [0, 0.1) is 77.3 Å². The van der Waals surface area contributed by atoms with Gasteiger partial charge in [-0.2, -0.15) is 0 Å². The van der Waals surface area contributed by atoms with E-state index >= 15 is 0 Å². The first kappa shape index (κ1) is 37.2. The summed E-state index contributed by atoms with van der Waals surface area (Å²) in [6, 6.07) is 0. The van der Waals surface area contributed by atoms with Gasteiger partial charge in [0, 0.05) is 77.3 Å². The van der Waals surface area contributed by atoms with Gasteiger partial charge < -0.3 is 20.5 Å². The van der Waals surface area contributed by atoms with E-state index in [1.807, 2.05) is 0 Å². The van der Waals surface area contributed by atoms with Crippen molar-refractivity contribution in [2.75, 3.05) is 0 Å². The molecule has 0 aliphatic heterocycles. The Balaban J connectivity index is -0.00000000450. The summed E-state index contributed by atoms with van der Waals surface area (Å²) >= 11 is 0. The second-order valence-electron chi connectivity index (χ2n) is 0.346. The van der Waals surface area contributed by atoms with Crippen LogP contribution in [-0.2, 0) is 0 Å². The normalized spacial score (nSPS) is 3.00. The van der Waals surface area contributed by atoms with Gasteiger partial charge in [-0.3, -0.25) is 0 Å². The number of hydrogen-bond donors (Lipinski definition) is 3. The van der Waals surface area contributed by atoms with Crippen LogP contribution in [0.5, 0.6) is 0 Å². The summed E-state index contributed by atoms with van der Waals surface area (Å²) < 4.78 is 0. The van der Waals surface area contributed by atoms with Gasteiger partial charge in [0.1, 0.15) is 0 Å². The fraction of sp³-hybridized carbons (Fsp3) is 0. The van der Waals surface area contributed by atoms with E-state index in [1.165, 1.54) is 0 Å². The molecule has 45 valence electrons. The monoisotopic (exact) mass is 425 g/mol. The van der Waals surface area contributed by atoms with Gasteiger partial charge in [-0.15, -0.1) is 0 Å².